The highest BCUT2D eigenvalue weighted by Crippen LogP contribution is 2.21. The van der Waals surface area contributed by atoms with Crippen LogP contribution in [0.4, 0.5) is 8.78 Å². The van der Waals surface area contributed by atoms with Crippen molar-refractivity contribution < 1.29 is 13.6 Å². The second kappa shape index (κ2) is 9.84. The fraction of sp³-hybridized carbons (Fsp3) is 0.192. The van der Waals surface area contributed by atoms with E-state index in [-0.39, 0.29) is 34.9 Å². The van der Waals surface area contributed by atoms with Crippen LogP contribution in [-0.4, -0.2) is 15.0 Å². The molecule has 0 spiro atoms. The predicted octanol–water partition coefficient (Wildman–Crippen LogP) is 4.66. The van der Waals surface area contributed by atoms with Gasteiger partial charge in [-0.15, -0.1) is 0 Å². The van der Waals surface area contributed by atoms with E-state index in [4.69, 9.17) is 11.6 Å². The molecule has 1 N–H and O–H groups in total. The van der Waals surface area contributed by atoms with Gasteiger partial charge in [0.05, 0.1) is 21.6 Å². The number of nitrogens with zero attached hydrogens (tertiary/aromatic N) is 2. The number of nitrogens with one attached hydrogen (secondary N) is 1. The first-order chi connectivity index (χ1) is 16.7. The minimum atomic E-state index is -0.948. The molecule has 1 aromatic heterocycles. The Kier molecular flexibility index (Phi) is 6.84. The lowest BCUT2D eigenvalue weighted by molar-refractivity contribution is -0.124. The number of hydrogen-bond acceptors (Lipinski definition) is 3. The minimum absolute atomic E-state index is 0.0881. The van der Waals surface area contributed by atoms with E-state index in [0.717, 1.165) is 16.2 Å². The van der Waals surface area contributed by atoms with Gasteiger partial charge in [-0.3, -0.25) is 14.2 Å². The van der Waals surface area contributed by atoms with E-state index >= 15 is 0 Å². The molecule has 0 radical (unpaired) electrons. The van der Waals surface area contributed by atoms with Crippen LogP contribution in [0.15, 0.2) is 70.3 Å². The molecule has 180 valence electrons. The molecule has 0 saturated carbocycles. The van der Waals surface area contributed by atoms with Crippen molar-refractivity contribution in [1.29, 1.82) is 0 Å². The lowest BCUT2D eigenvalue weighted by atomic mass is 10.1. The molecule has 1 amide bonds. The molecule has 0 aliphatic carbocycles. The summed E-state index contributed by atoms with van der Waals surface area (Å²) in [5.74, 6) is -1.52. The predicted molar refractivity (Wildman–Crippen MR) is 131 cm³/mol. The molecule has 3 aromatic carbocycles. The van der Waals surface area contributed by atoms with Crippen LogP contribution in [0.5, 0.6) is 0 Å². The second-order valence-electron chi connectivity index (χ2n) is 8.18. The van der Waals surface area contributed by atoms with E-state index in [1.165, 1.54) is 28.8 Å². The third kappa shape index (κ3) is 4.74. The van der Waals surface area contributed by atoms with Gasteiger partial charge in [-0.2, -0.15) is 0 Å². The number of carbonyl (C=O) groups is 1. The summed E-state index contributed by atoms with van der Waals surface area (Å²) in [6, 6.07) is 13.3. The molecule has 0 aliphatic heterocycles. The normalized spacial score (nSPS) is 12.0. The van der Waals surface area contributed by atoms with Crippen LogP contribution < -0.4 is 16.6 Å². The van der Waals surface area contributed by atoms with Gasteiger partial charge in [0, 0.05) is 6.54 Å². The summed E-state index contributed by atoms with van der Waals surface area (Å²) >= 11 is 5.91. The van der Waals surface area contributed by atoms with E-state index in [1.807, 2.05) is 0 Å². The Balaban J connectivity index is 1.86. The summed E-state index contributed by atoms with van der Waals surface area (Å²) in [6.07, 6.45) is 0.251. The molecule has 4 rings (SSSR count). The third-order valence-electron chi connectivity index (χ3n) is 5.78. The zero-order valence-corrected chi connectivity index (χ0v) is 19.8. The van der Waals surface area contributed by atoms with Crippen molar-refractivity contribution in [3.05, 3.63) is 109 Å². The van der Waals surface area contributed by atoms with Crippen LogP contribution in [0, 0.1) is 18.6 Å². The van der Waals surface area contributed by atoms with Gasteiger partial charge in [-0.1, -0.05) is 42.3 Å². The van der Waals surface area contributed by atoms with Crippen LogP contribution in [0.3, 0.4) is 0 Å². The molecule has 0 saturated heterocycles. The van der Waals surface area contributed by atoms with Crippen molar-refractivity contribution in [2.45, 2.75) is 32.9 Å². The number of rotatable bonds is 6. The number of halogens is 3. The lowest BCUT2D eigenvalue weighted by Crippen LogP contribution is -2.44. The van der Waals surface area contributed by atoms with Gasteiger partial charge < -0.3 is 5.32 Å². The van der Waals surface area contributed by atoms with Crippen molar-refractivity contribution in [3.63, 3.8) is 0 Å². The van der Waals surface area contributed by atoms with Crippen molar-refractivity contribution >= 4 is 28.4 Å². The van der Waals surface area contributed by atoms with E-state index < -0.39 is 29.0 Å². The van der Waals surface area contributed by atoms with Crippen LogP contribution >= 0.6 is 11.6 Å². The number of carbonyl (C=O) groups excluding carboxylic acids is 1. The first-order valence-corrected chi connectivity index (χ1v) is 11.3. The number of benzene rings is 3. The quantitative estimate of drug-likeness (QED) is 0.421. The molecule has 4 aromatic rings. The Morgan fingerprint density at radius 3 is 2.40 bits per heavy atom. The highest BCUT2D eigenvalue weighted by molar-refractivity contribution is 6.30. The standard InChI is InChI=1S/C26H22ClF2N3O3/c1-3-22(24(33)30-14-16-5-7-17(28)8-6-16)32-23-11-4-15(2)12-19(23)25(34)31(26(32)35)18-9-10-21(29)20(27)13-18/h4-13,22H,3,14H2,1-2H3,(H,30,33)/t22-/m1/s1. The molecular weight excluding hydrogens is 476 g/mol. The Labute approximate surface area is 204 Å². The Hall–Kier alpha value is -3.78. The molecule has 1 atom stereocenters. The molecule has 0 bridgehead atoms. The SMILES string of the molecule is CC[C@H](C(=O)NCc1ccc(F)cc1)n1c(=O)n(-c2ccc(F)c(Cl)c2)c(=O)c2cc(C)ccc21. The molecule has 0 aliphatic rings. The van der Waals surface area contributed by atoms with Crippen LogP contribution in [0.2, 0.25) is 5.02 Å². The topological polar surface area (TPSA) is 73.1 Å². The first kappa shape index (κ1) is 24.3. The maximum absolute atomic E-state index is 13.8. The van der Waals surface area contributed by atoms with Gasteiger partial charge in [0.15, 0.2) is 0 Å². The second-order valence-corrected chi connectivity index (χ2v) is 8.59. The third-order valence-corrected chi connectivity index (χ3v) is 6.07. The highest BCUT2D eigenvalue weighted by atomic mass is 35.5. The summed E-state index contributed by atoms with van der Waals surface area (Å²) in [4.78, 5) is 40.2. The fourth-order valence-electron chi connectivity index (χ4n) is 4.00. The van der Waals surface area contributed by atoms with Crippen molar-refractivity contribution in [3.8, 4) is 5.69 Å². The summed E-state index contributed by atoms with van der Waals surface area (Å²) in [7, 11) is 0. The fourth-order valence-corrected chi connectivity index (χ4v) is 4.17. The molecule has 0 unspecified atom stereocenters. The van der Waals surface area contributed by atoms with Gasteiger partial charge in [0.2, 0.25) is 5.91 Å². The maximum atomic E-state index is 13.8. The highest BCUT2D eigenvalue weighted by Gasteiger charge is 2.25. The van der Waals surface area contributed by atoms with Gasteiger partial charge >= 0.3 is 5.69 Å². The summed E-state index contributed by atoms with van der Waals surface area (Å²) in [6.45, 7) is 3.69. The van der Waals surface area contributed by atoms with Crippen molar-refractivity contribution in [1.82, 2.24) is 14.5 Å². The smallest absolute Gasteiger partial charge is 0.336 e. The van der Waals surface area contributed by atoms with Crippen molar-refractivity contribution in [2.24, 2.45) is 0 Å². The summed E-state index contributed by atoms with van der Waals surface area (Å²) in [5, 5.41) is 2.77. The Morgan fingerprint density at radius 2 is 1.74 bits per heavy atom. The average Bonchev–Trinajstić information content (AvgIpc) is 2.83. The largest absolute Gasteiger partial charge is 0.350 e. The lowest BCUT2D eigenvalue weighted by Gasteiger charge is -2.22. The minimum Gasteiger partial charge on any atom is -0.350 e. The zero-order chi connectivity index (χ0) is 25.3. The molecule has 9 heteroatoms. The van der Waals surface area contributed by atoms with Crippen LogP contribution in [0.25, 0.3) is 16.6 Å². The number of aromatic nitrogens is 2. The van der Waals surface area contributed by atoms with Gasteiger partial charge in [0.1, 0.15) is 17.7 Å². The van der Waals surface area contributed by atoms with E-state index in [1.54, 1.807) is 44.2 Å². The van der Waals surface area contributed by atoms with Crippen LogP contribution in [-0.2, 0) is 11.3 Å². The molecular formula is C26H22ClF2N3O3. The van der Waals surface area contributed by atoms with Gasteiger partial charge in [-0.25, -0.2) is 18.1 Å². The van der Waals surface area contributed by atoms with E-state index in [2.05, 4.69) is 5.32 Å². The van der Waals surface area contributed by atoms with Crippen molar-refractivity contribution in [2.75, 3.05) is 0 Å². The van der Waals surface area contributed by atoms with Crippen LogP contribution in [0.1, 0.15) is 30.5 Å². The average molecular weight is 498 g/mol. The maximum Gasteiger partial charge on any atom is 0.336 e. The number of hydrogen-bond donors (Lipinski definition) is 1. The zero-order valence-electron chi connectivity index (χ0n) is 19.0. The van der Waals surface area contributed by atoms with Gasteiger partial charge in [-0.05, 0) is 61.4 Å². The van der Waals surface area contributed by atoms with Gasteiger partial charge in [0.25, 0.3) is 5.56 Å². The molecule has 1 heterocycles. The number of aryl methyl sites for hydroxylation is 1. The summed E-state index contributed by atoms with van der Waals surface area (Å²) < 4.78 is 29.1. The Bertz CT molecular complexity index is 1550. The monoisotopic (exact) mass is 497 g/mol. The summed E-state index contributed by atoms with van der Waals surface area (Å²) in [5.41, 5.74) is 0.515. The van der Waals surface area contributed by atoms with E-state index in [0.29, 0.717) is 11.1 Å². The number of fused-ring (bicyclic) bond motifs is 1. The number of amides is 1. The molecule has 0 fully saturated rings. The first-order valence-electron chi connectivity index (χ1n) is 11.0. The molecule has 6 nitrogen and oxygen atoms in total. The molecule has 35 heavy (non-hydrogen) atoms. The Morgan fingerprint density at radius 1 is 1.03 bits per heavy atom. The van der Waals surface area contributed by atoms with E-state index in [9.17, 15) is 23.2 Å².